The van der Waals surface area contributed by atoms with Gasteiger partial charge in [0.05, 0.1) is 6.54 Å². The predicted molar refractivity (Wildman–Crippen MR) is 82.5 cm³/mol. The number of rotatable bonds is 5. The lowest BCUT2D eigenvalue weighted by atomic mass is 10.1. The molecule has 1 heterocycles. The quantitative estimate of drug-likeness (QED) is 0.727. The molecule has 0 aliphatic rings. The van der Waals surface area contributed by atoms with Gasteiger partial charge in [0.25, 0.3) is 0 Å². The van der Waals surface area contributed by atoms with Gasteiger partial charge in [-0.3, -0.25) is 9.78 Å². The van der Waals surface area contributed by atoms with Gasteiger partial charge in [-0.25, -0.2) is 0 Å². The number of carbonyl (C=O) groups is 1. The van der Waals surface area contributed by atoms with Crippen molar-refractivity contribution in [1.82, 2.24) is 10.3 Å². The van der Waals surface area contributed by atoms with Crippen molar-refractivity contribution >= 4 is 28.1 Å². The van der Waals surface area contributed by atoms with E-state index in [9.17, 15) is 4.79 Å². The van der Waals surface area contributed by atoms with Gasteiger partial charge in [0.15, 0.2) is 0 Å². The van der Waals surface area contributed by atoms with Crippen LogP contribution in [0.5, 0.6) is 0 Å². The third-order valence-corrected chi connectivity index (χ3v) is 3.00. The minimum absolute atomic E-state index is 0.0160. The summed E-state index contributed by atoms with van der Waals surface area (Å²) in [6.45, 7) is 5.06. The number of anilines is 2. The molecule has 2 aromatic rings. The summed E-state index contributed by atoms with van der Waals surface area (Å²) in [6, 6.07) is 5.59. The molecule has 1 aromatic carbocycles. The highest BCUT2D eigenvalue weighted by molar-refractivity contribution is 6.01. The molecule has 0 aliphatic heterocycles. The van der Waals surface area contributed by atoms with Crippen molar-refractivity contribution in [3.05, 3.63) is 30.6 Å². The molecule has 0 fully saturated rings. The molecule has 5 heteroatoms. The topological polar surface area (TPSA) is 80.0 Å². The van der Waals surface area contributed by atoms with Gasteiger partial charge in [0.1, 0.15) is 0 Å². The first-order valence-electron chi connectivity index (χ1n) is 6.70. The van der Waals surface area contributed by atoms with Crippen LogP contribution in [-0.2, 0) is 4.79 Å². The standard InChI is InChI=1S/C15H20N4O/c1-10(2)7-19-15(20)9-18-14-4-3-13(16)12-8-17-6-5-11(12)14/h3-6,8,10,18H,7,9,16H2,1-2H3,(H,19,20). The molecule has 5 nitrogen and oxygen atoms in total. The third-order valence-electron chi connectivity index (χ3n) is 3.00. The molecule has 0 saturated heterocycles. The first-order valence-corrected chi connectivity index (χ1v) is 6.70. The fourth-order valence-electron chi connectivity index (χ4n) is 1.92. The van der Waals surface area contributed by atoms with Crippen molar-refractivity contribution in [3.8, 4) is 0 Å². The zero-order valence-corrected chi connectivity index (χ0v) is 11.8. The van der Waals surface area contributed by atoms with E-state index in [1.165, 1.54) is 0 Å². The van der Waals surface area contributed by atoms with Crippen molar-refractivity contribution in [2.45, 2.75) is 13.8 Å². The van der Waals surface area contributed by atoms with Crippen LogP contribution in [0, 0.1) is 5.92 Å². The van der Waals surface area contributed by atoms with E-state index in [-0.39, 0.29) is 12.5 Å². The highest BCUT2D eigenvalue weighted by Crippen LogP contribution is 2.27. The van der Waals surface area contributed by atoms with E-state index in [2.05, 4.69) is 29.5 Å². The molecule has 0 radical (unpaired) electrons. The summed E-state index contributed by atoms with van der Waals surface area (Å²) in [5.74, 6) is 0.431. The number of carbonyl (C=O) groups excluding carboxylic acids is 1. The normalized spacial score (nSPS) is 10.8. The first-order chi connectivity index (χ1) is 9.58. The molecule has 2 rings (SSSR count). The maximum atomic E-state index is 11.7. The van der Waals surface area contributed by atoms with Gasteiger partial charge < -0.3 is 16.4 Å². The smallest absolute Gasteiger partial charge is 0.239 e. The van der Waals surface area contributed by atoms with E-state index in [1.807, 2.05) is 18.2 Å². The fraction of sp³-hybridized carbons (Fsp3) is 0.333. The SMILES string of the molecule is CC(C)CNC(=O)CNc1ccc(N)c2cnccc12. The number of aromatic nitrogens is 1. The average molecular weight is 272 g/mol. The molecule has 0 aliphatic carbocycles. The molecule has 0 atom stereocenters. The second-order valence-corrected chi connectivity index (χ2v) is 5.18. The van der Waals surface area contributed by atoms with Crippen molar-refractivity contribution < 1.29 is 4.79 Å². The molecule has 0 saturated carbocycles. The van der Waals surface area contributed by atoms with Crippen LogP contribution in [0.3, 0.4) is 0 Å². The Morgan fingerprint density at radius 2 is 2.10 bits per heavy atom. The second kappa shape index (κ2) is 6.23. The Bertz CT molecular complexity index is 610. The molecule has 0 bridgehead atoms. The second-order valence-electron chi connectivity index (χ2n) is 5.18. The molecule has 1 amide bonds. The number of hydrogen-bond donors (Lipinski definition) is 3. The van der Waals surface area contributed by atoms with Crippen LogP contribution in [0.2, 0.25) is 0 Å². The van der Waals surface area contributed by atoms with Crippen molar-refractivity contribution in [3.63, 3.8) is 0 Å². The Hall–Kier alpha value is -2.30. The Balaban J connectivity index is 2.07. The zero-order valence-electron chi connectivity index (χ0n) is 11.8. The molecule has 0 spiro atoms. The van der Waals surface area contributed by atoms with Crippen LogP contribution in [0.4, 0.5) is 11.4 Å². The van der Waals surface area contributed by atoms with E-state index in [0.29, 0.717) is 18.2 Å². The van der Waals surface area contributed by atoms with Gasteiger partial charge in [-0.1, -0.05) is 13.8 Å². The maximum Gasteiger partial charge on any atom is 0.239 e. The number of nitrogens with zero attached hydrogens (tertiary/aromatic N) is 1. The first kappa shape index (κ1) is 14.1. The monoisotopic (exact) mass is 272 g/mol. The lowest BCUT2D eigenvalue weighted by molar-refractivity contribution is -0.119. The van der Waals surface area contributed by atoms with E-state index in [4.69, 9.17) is 5.73 Å². The van der Waals surface area contributed by atoms with Crippen LogP contribution in [0.25, 0.3) is 10.8 Å². The Kier molecular flexibility index (Phi) is 4.40. The minimum Gasteiger partial charge on any atom is -0.398 e. The van der Waals surface area contributed by atoms with Crippen molar-refractivity contribution in [1.29, 1.82) is 0 Å². The van der Waals surface area contributed by atoms with Gasteiger partial charge >= 0.3 is 0 Å². The van der Waals surface area contributed by atoms with E-state index < -0.39 is 0 Å². The summed E-state index contributed by atoms with van der Waals surface area (Å²) in [5, 5.41) is 7.87. The number of fused-ring (bicyclic) bond motifs is 1. The van der Waals surface area contributed by atoms with Gasteiger partial charge in [-0.2, -0.15) is 0 Å². The average Bonchev–Trinajstić information content (AvgIpc) is 2.45. The lowest BCUT2D eigenvalue weighted by Crippen LogP contribution is -2.32. The highest BCUT2D eigenvalue weighted by atomic mass is 16.1. The number of benzene rings is 1. The number of pyridine rings is 1. The molecule has 106 valence electrons. The summed E-state index contributed by atoms with van der Waals surface area (Å²) >= 11 is 0. The predicted octanol–water partition coefficient (Wildman–Crippen LogP) is 2.00. The number of nitrogen functional groups attached to an aromatic ring is 1. The zero-order chi connectivity index (χ0) is 14.5. The van der Waals surface area contributed by atoms with E-state index in [1.54, 1.807) is 12.4 Å². The van der Waals surface area contributed by atoms with Gasteiger partial charge in [0.2, 0.25) is 5.91 Å². The van der Waals surface area contributed by atoms with Crippen LogP contribution < -0.4 is 16.4 Å². The summed E-state index contributed by atoms with van der Waals surface area (Å²) in [5.41, 5.74) is 7.48. The molecule has 20 heavy (non-hydrogen) atoms. The molecule has 4 N–H and O–H groups in total. The third kappa shape index (κ3) is 3.38. The van der Waals surface area contributed by atoms with Crippen molar-refractivity contribution in [2.75, 3.05) is 24.1 Å². The molecule has 0 unspecified atom stereocenters. The molecular formula is C15H20N4O. The number of nitrogens with one attached hydrogen (secondary N) is 2. The van der Waals surface area contributed by atoms with Gasteiger partial charge in [-0.05, 0) is 24.1 Å². The highest BCUT2D eigenvalue weighted by Gasteiger charge is 2.06. The van der Waals surface area contributed by atoms with Crippen LogP contribution >= 0.6 is 0 Å². The Morgan fingerprint density at radius 1 is 1.30 bits per heavy atom. The largest absolute Gasteiger partial charge is 0.398 e. The lowest BCUT2D eigenvalue weighted by Gasteiger charge is -2.12. The van der Waals surface area contributed by atoms with E-state index >= 15 is 0 Å². The van der Waals surface area contributed by atoms with Gasteiger partial charge in [-0.15, -0.1) is 0 Å². The minimum atomic E-state index is -0.0160. The van der Waals surface area contributed by atoms with Gasteiger partial charge in [0, 0.05) is 41.1 Å². The maximum absolute atomic E-state index is 11.7. The summed E-state index contributed by atoms with van der Waals surface area (Å²) in [4.78, 5) is 15.8. The van der Waals surface area contributed by atoms with Crippen molar-refractivity contribution in [2.24, 2.45) is 5.92 Å². The number of amides is 1. The van der Waals surface area contributed by atoms with Crippen LogP contribution in [-0.4, -0.2) is 24.0 Å². The summed E-state index contributed by atoms with van der Waals surface area (Å²) in [7, 11) is 0. The summed E-state index contributed by atoms with van der Waals surface area (Å²) < 4.78 is 0. The Morgan fingerprint density at radius 3 is 2.85 bits per heavy atom. The molecule has 1 aromatic heterocycles. The fourth-order valence-corrected chi connectivity index (χ4v) is 1.92. The number of nitrogens with two attached hydrogens (primary N) is 1. The van der Waals surface area contributed by atoms with E-state index in [0.717, 1.165) is 16.5 Å². The summed E-state index contributed by atoms with van der Waals surface area (Å²) in [6.07, 6.45) is 3.44. The van der Waals surface area contributed by atoms with Crippen LogP contribution in [0.1, 0.15) is 13.8 Å². The van der Waals surface area contributed by atoms with Crippen LogP contribution in [0.15, 0.2) is 30.6 Å². The number of hydrogen-bond acceptors (Lipinski definition) is 4. The Labute approximate surface area is 118 Å². The molecular weight excluding hydrogens is 252 g/mol.